The molecule has 0 atom stereocenters. The summed E-state index contributed by atoms with van der Waals surface area (Å²) in [5.74, 6) is 0.762. The lowest BCUT2D eigenvalue weighted by molar-refractivity contribution is 0.977. The van der Waals surface area contributed by atoms with Crippen molar-refractivity contribution in [2.45, 2.75) is 13.5 Å². The van der Waals surface area contributed by atoms with E-state index in [0.717, 1.165) is 22.9 Å². The summed E-state index contributed by atoms with van der Waals surface area (Å²) in [6.45, 7) is 2.67. The second-order valence-corrected chi connectivity index (χ2v) is 4.66. The Morgan fingerprint density at radius 1 is 1.16 bits per heavy atom. The number of hydrogen-bond acceptors (Lipinski definition) is 3. The molecule has 0 bridgehead atoms. The molecule has 0 aliphatic rings. The van der Waals surface area contributed by atoms with Gasteiger partial charge >= 0.3 is 0 Å². The first-order valence-corrected chi connectivity index (χ1v) is 6.41. The predicted molar refractivity (Wildman–Crippen MR) is 76.5 cm³/mol. The molecule has 19 heavy (non-hydrogen) atoms. The zero-order chi connectivity index (χ0) is 13.2. The summed E-state index contributed by atoms with van der Waals surface area (Å²) >= 11 is 5.86. The maximum absolute atomic E-state index is 5.86. The molecule has 0 fully saturated rings. The highest BCUT2D eigenvalue weighted by Crippen LogP contribution is 2.14. The number of pyridine rings is 2. The lowest BCUT2D eigenvalue weighted by Gasteiger charge is -2.06. The third-order valence-corrected chi connectivity index (χ3v) is 3.19. The molecule has 0 spiro atoms. The van der Waals surface area contributed by atoms with E-state index in [4.69, 9.17) is 11.6 Å². The van der Waals surface area contributed by atoms with Gasteiger partial charge in [-0.25, -0.2) is 9.97 Å². The topological polar surface area (TPSA) is 42.2 Å². The molecule has 3 rings (SSSR count). The van der Waals surface area contributed by atoms with Gasteiger partial charge in [0.25, 0.3) is 0 Å². The van der Waals surface area contributed by atoms with E-state index in [-0.39, 0.29) is 0 Å². The van der Waals surface area contributed by atoms with E-state index in [1.807, 2.05) is 43.5 Å². The van der Waals surface area contributed by atoms with Crippen LogP contribution >= 0.6 is 11.6 Å². The van der Waals surface area contributed by atoms with E-state index in [1.165, 1.54) is 0 Å². The highest BCUT2D eigenvalue weighted by molar-refractivity contribution is 6.29. The number of nitrogens with one attached hydrogen (secondary N) is 1. The van der Waals surface area contributed by atoms with Gasteiger partial charge in [0, 0.05) is 6.20 Å². The van der Waals surface area contributed by atoms with Gasteiger partial charge in [-0.15, -0.1) is 0 Å². The van der Waals surface area contributed by atoms with E-state index >= 15 is 0 Å². The Kier molecular flexibility index (Phi) is 3.09. The third kappa shape index (κ3) is 2.39. The highest BCUT2D eigenvalue weighted by Gasteiger charge is 2.07. The smallest absolute Gasteiger partial charge is 0.137 e. The van der Waals surface area contributed by atoms with Gasteiger partial charge in [-0.3, -0.25) is 0 Å². The second-order valence-electron chi connectivity index (χ2n) is 4.27. The first-order chi connectivity index (χ1) is 9.24. The Morgan fingerprint density at radius 2 is 2.05 bits per heavy atom. The zero-order valence-electron chi connectivity index (χ0n) is 10.5. The first kappa shape index (κ1) is 12.0. The zero-order valence-corrected chi connectivity index (χ0v) is 11.2. The Morgan fingerprint density at radius 3 is 2.89 bits per heavy atom. The average molecular weight is 273 g/mol. The quantitative estimate of drug-likeness (QED) is 0.744. The lowest BCUT2D eigenvalue weighted by atomic mass is 10.3. The minimum absolute atomic E-state index is 0.486. The van der Waals surface area contributed by atoms with Crippen LogP contribution in [0.25, 0.3) is 5.65 Å². The normalized spacial score (nSPS) is 10.8. The Hall–Kier alpha value is -2.07. The molecule has 0 amide bonds. The van der Waals surface area contributed by atoms with Gasteiger partial charge < -0.3 is 9.72 Å². The van der Waals surface area contributed by atoms with E-state index in [1.54, 1.807) is 6.07 Å². The molecule has 0 saturated carbocycles. The monoisotopic (exact) mass is 272 g/mol. The third-order valence-electron chi connectivity index (χ3n) is 2.98. The number of rotatable bonds is 3. The number of halogens is 1. The molecule has 96 valence electrons. The maximum atomic E-state index is 5.86. The van der Waals surface area contributed by atoms with Gasteiger partial charge in [-0.1, -0.05) is 23.7 Å². The van der Waals surface area contributed by atoms with Crippen molar-refractivity contribution in [1.82, 2.24) is 14.4 Å². The molecule has 0 radical (unpaired) electrons. The van der Waals surface area contributed by atoms with Crippen LogP contribution in [-0.2, 0) is 6.54 Å². The van der Waals surface area contributed by atoms with Crippen LogP contribution in [0.4, 0.5) is 5.82 Å². The van der Waals surface area contributed by atoms with E-state index in [0.29, 0.717) is 11.7 Å². The minimum Gasteiger partial charge on any atom is -0.364 e. The van der Waals surface area contributed by atoms with Crippen molar-refractivity contribution in [2.24, 2.45) is 0 Å². The van der Waals surface area contributed by atoms with Gasteiger partial charge in [0.05, 0.1) is 17.9 Å². The molecule has 5 heteroatoms. The van der Waals surface area contributed by atoms with Crippen molar-refractivity contribution >= 4 is 23.1 Å². The molecule has 0 aliphatic carbocycles. The van der Waals surface area contributed by atoms with Gasteiger partial charge in [0.15, 0.2) is 0 Å². The van der Waals surface area contributed by atoms with Crippen LogP contribution in [0, 0.1) is 6.92 Å². The summed E-state index contributed by atoms with van der Waals surface area (Å²) in [5.41, 5.74) is 3.09. The van der Waals surface area contributed by atoms with Crippen molar-refractivity contribution in [1.29, 1.82) is 0 Å². The van der Waals surface area contributed by atoms with Crippen LogP contribution in [0.5, 0.6) is 0 Å². The van der Waals surface area contributed by atoms with Crippen LogP contribution in [0.1, 0.15) is 11.4 Å². The number of anilines is 1. The Bertz CT molecular complexity index is 720. The van der Waals surface area contributed by atoms with Crippen LogP contribution in [0.15, 0.2) is 42.6 Å². The van der Waals surface area contributed by atoms with Gasteiger partial charge in [-0.2, -0.15) is 0 Å². The van der Waals surface area contributed by atoms with E-state index in [2.05, 4.69) is 19.7 Å². The summed E-state index contributed by atoms with van der Waals surface area (Å²) in [7, 11) is 0. The summed E-state index contributed by atoms with van der Waals surface area (Å²) in [6.07, 6.45) is 2.01. The fraction of sp³-hybridized carbons (Fsp3) is 0.143. The first-order valence-electron chi connectivity index (χ1n) is 6.03. The summed E-state index contributed by atoms with van der Waals surface area (Å²) in [6, 6.07) is 11.5. The average Bonchev–Trinajstić information content (AvgIpc) is 2.72. The molecular weight excluding hydrogens is 260 g/mol. The standard InChI is InChI=1S/C14H13ClN4/c1-10-11(19-8-3-2-7-14(19)17-10)9-16-13-6-4-5-12(15)18-13/h2-8H,9H2,1H3,(H,16,18). The second kappa shape index (κ2) is 4.90. The minimum atomic E-state index is 0.486. The summed E-state index contributed by atoms with van der Waals surface area (Å²) in [5, 5.41) is 3.75. The fourth-order valence-corrected chi connectivity index (χ4v) is 2.22. The largest absolute Gasteiger partial charge is 0.364 e. The maximum Gasteiger partial charge on any atom is 0.137 e. The lowest BCUT2D eigenvalue weighted by Crippen LogP contribution is -2.05. The van der Waals surface area contributed by atoms with Crippen molar-refractivity contribution < 1.29 is 0 Å². The Labute approximate surface area is 116 Å². The van der Waals surface area contributed by atoms with Gasteiger partial charge in [0.1, 0.15) is 16.6 Å². The molecule has 3 aromatic rings. The van der Waals surface area contributed by atoms with Crippen LogP contribution in [0.3, 0.4) is 0 Å². The molecular formula is C14H13ClN4. The molecule has 0 saturated heterocycles. The molecule has 3 aromatic heterocycles. The van der Waals surface area contributed by atoms with Crippen molar-refractivity contribution in [3.8, 4) is 0 Å². The van der Waals surface area contributed by atoms with Crippen molar-refractivity contribution in [2.75, 3.05) is 5.32 Å². The van der Waals surface area contributed by atoms with E-state index in [9.17, 15) is 0 Å². The van der Waals surface area contributed by atoms with Crippen molar-refractivity contribution in [3.63, 3.8) is 0 Å². The van der Waals surface area contributed by atoms with Gasteiger partial charge in [-0.05, 0) is 31.2 Å². The summed E-state index contributed by atoms with van der Waals surface area (Å²) < 4.78 is 2.08. The highest BCUT2D eigenvalue weighted by atomic mass is 35.5. The SMILES string of the molecule is Cc1nc2ccccn2c1CNc1cccc(Cl)n1. The van der Waals surface area contributed by atoms with Gasteiger partial charge in [0.2, 0.25) is 0 Å². The van der Waals surface area contributed by atoms with Crippen LogP contribution in [0.2, 0.25) is 5.15 Å². The number of nitrogens with zero attached hydrogens (tertiary/aromatic N) is 3. The molecule has 0 aromatic carbocycles. The molecule has 0 aliphatic heterocycles. The summed E-state index contributed by atoms with van der Waals surface area (Å²) in [4.78, 5) is 8.73. The molecule has 1 N–H and O–H groups in total. The molecule has 4 nitrogen and oxygen atoms in total. The fourth-order valence-electron chi connectivity index (χ4n) is 2.06. The van der Waals surface area contributed by atoms with E-state index < -0.39 is 0 Å². The number of aromatic nitrogens is 3. The Balaban J connectivity index is 1.87. The number of imidazole rings is 1. The number of aryl methyl sites for hydroxylation is 1. The van der Waals surface area contributed by atoms with Crippen LogP contribution < -0.4 is 5.32 Å². The van der Waals surface area contributed by atoms with Crippen molar-refractivity contribution in [3.05, 3.63) is 59.1 Å². The molecule has 3 heterocycles. The number of hydrogen-bond donors (Lipinski definition) is 1. The van der Waals surface area contributed by atoms with Crippen LogP contribution in [-0.4, -0.2) is 14.4 Å². The number of fused-ring (bicyclic) bond motifs is 1. The predicted octanol–water partition coefficient (Wildman–Crippen LogP) is 3.30. The molecule has 0 unspecified atom stereocenters.